The summed E-state index contributed by atoms with van der Waals surface area (Å²) in [6.07, 6.45) is 3.50. The molecule has 0 spiro atoms. The molecular weight excluding hydrogens is 468 g/mol. The first kappa shape index (κ1) is 22.1. The van der Waals surface area contributed by atoms with Gasteiger partial charge in [0.2, 0.25) is 0 Å². The van der Waals surface area contributed by atoms with Crippen molar-refractivity contribution in [2.75, 3.05) is 10.6 Å². The van der Waals surface area contributed by atoms with Crippen molar-refractivity contribution >= 4 is 46.1 Å². The van der Waals surface area contributed by atoms with Gasteiger partial charge in [0.1, 0.15) is 0 Å². The first-order valence-corrected chi connectivity index (χ1v) is 12.0. The topological polar surface area (TPSA) is 74.3 Å². The molecule has 2 aromatic carbocycles. The first-order valence-electron chi connectivity index (χ1n) is 10.8. The molecule has 2 aromatic heterocycles. The highest BCUT2D eigenvalue weighted by atomic mass is 35.5. The van der Waals surface area contributed by atoms with Crippen LogP contribution in [0.4, 0.5) is 11.4 Å². The number of fused-ring (bicyclic) bond motifs is 1. The van der Waals surface area contributed by atoms with E-state index >= 15 is 0 Å². The number of thiophene rings is 1. The summed E-state index contributed by atoms with van der Waals surface area (Å²) in [7, 11) is 0. The molecule has 170 valence electrons. The molecule has 0 bridgehead atoms. The zero-order valence-electron chi connectivity index (χ0n) is 18.1. The molecule has 4 aromatic rings. The monoisotopic (exact) mass is 488 g/mol. The van der Waals surface area contributed by atoms with Gasteiger partial charge >= 0.3 is 0 Å². The Kier molecular flexibility index (Phi) is 6.29. The van der Waals surface area contributed by atoms with Crippen molar-refractivity contribution in [3.63, 3.8) is 0 Å². The lowest BCUT2D eigenvalue weighted by Crippen LogP contribution is -2.24. The van der Waals surface area contributed by atoms with Crippen LogP contribution < -0.4 is 10.6 Å². The molecule has 6 nitrogen and oxygen atoms in total. The van der Waals surface area contributed by atoms with Gasteiger partial charge in [0, 0.05) is 37.7 Å². The summed E-state index contributed by atoms with van der Waals surface area (Å²) in [5.74, 6) is -0.360. The summed E-state index contributed by atoms with van der Waals surface area (Å²) in [5.41, 5.74) is 5.16. The molecule has 0 radical (unpaired) electrons. The summed E-state index contributed by atoms with van der Waals surface area (Å²) in [4.78, 5) is 32.2. The van der Waals surface area contributed by atoms with Gasteiger partial charge in [0.05, 0.1) is 20.5 Å². The van der Waals surface area contributed by atoms with Crippen LogP contribution in [0.5, 0.6) is 0 Å². The molecule has 0 saturated heterocycles. The number of amides is 2. The lowest BCUT2D eigenvalue weighted by molar-refractivity contribution is 0.0767. The molecule has 2 amide bonds. The molecule has 8 heteroatoms. The van der Waals surface area contributed by atoms with Crippen molar-refractivity contribution in [2.45, 2.75) is 19.6 Å². The molecular formula is C26H21ClN4O2S. The number of carbonyl (C=O) groups excluding carboxylic acids is 2. The predicted octanol–water partition coefficient (Wildman–Crippen LogP) is 5.82. The molecule has 1 aliphatic heterocycles. The third-order valence-electron chi connectivity index (χ3n) is 5.60. The minimum Gasteiger partial charge on any atom is -0.381 e. The third kappa shape index (κ3) is 4.81. The van der Waals surface area contributed by atoms with Crippen LogP contribution in [-0.4, -0.2) is 21.7 Å². The zero-order valence-corrected chi connectivity index (χ0v) is 19.7. The van der Waals surface area contributed by atoms with Gasteiger partial charge in [0.25, 0.3) is 11.8 Å². The van der Waals surface area contributed by atoms with Crippen LogP contribution in [0.3, 0.4) is 0 Å². The molecule has 2 N–H and O–H groups in total. The first-order chi connectivity index (χ1) is 16.6. The maximum atomic E-state index is 13.3. The summed E-state index contributed by atoms with van der Waals surface area (Å²) in [6, 6.07) is 21.0. The number of carbonyl (C=O) groups is 2. The highest BCUT2D eigenvalue weighted by Crippen LogP contribution is 2.31. The zero-order chi connectivity index (χ0) is 23.5. The van der Waals surface area contributed by atoms with Gasteiger partial charge in [-0.3, -0.25) is 14.6 Å². The number of benzene rings is 2. The second kappa shape index (κ2) is 9.67. The van der Waals surface area contributed by atoms with E-state index in [1.165, 1.54) is 11.3 Å². The smallest absolute Gasteiger partial charge is 0.265 e. The van der Waals surface area contributed by atoms with Crippen molar-refractivity contribution in [2.24, 2.45) is 0 Å². The quantitative estimate of drug-likeness (QED) is 0.344. The SMILES string of the molecule is O=C(Nc1cccc2c1C(=O)N(Cc1cccc(CNc3ccncc3)c1)C2)c1ccc(Cl)s1. The van der Waals surface area contributed by atoms with Crippen LogP contribution in [0, 0.1) is 0 Å². The van der Waals surface area contributed by atoms with E-state index in [2.05, 4.69) is 27.8 Å². The minimum atomic E-state index is -0.272. The van der Waals surface area contributed by atoms with Gasteiger partial charge in [-0.15, -0.1) is 11.3 Å². The van der Waals surface area contributed by atoms with Gasteiger partial charge in [-0.25, -0.2) is 0 Å². The second-order valence-electron chi connectivity index (χ2n) is 7.97. The summed E-state index contributed by atoms with van der Waals surface area (Å²) < 4.78 is 0.545. The number of nitrogens with zero attached hydrogens (tertiary/aromatic N) is 2. The second-order valence-corrected chi connectivity index (χ2v) is 9.68. The number of halogens is 1. The normalized spacial score (nSPS) is 12.5. The van der Waals surface area contributed by atoms with Crippen molar-refractivity contribution < 1.29 is 9.59 Å². The molecule has 0 saturated carbocycles. The van der Waals surface area contributed by atoms with Crippen LogP contribution in [0.1, 0.15) is 36.7 Å². The van der Waals surface area contributed by atoms with E-state index in [1.54, 1.807) is 35.5 Å². The maximum absolute atomic E-state index is 13.3. The predicted molar refractivity (Wildman–Crippen MR) is 135 cm³/mol. The molecule has 0 atom stereocenters. The van der Waals surface area contributed by atoms with Gasteiger partial charge < -0.3 is 15.5 Å². The fourth-order valence-corrected chi connectivity index (χ4v) is 4.94. The van der Waals surface area contributed by atoms with Crippen LogP contribution >= 0.6 is 22.9 Å². The Morgan fingerprint density at radius 3 is 2.62 bits per heavy atom. The number of pyridine rings is 1. The lowest BCUT2D eigenvalue weighted by Gasteiger charge is -2.17. The van der Waals surface area contributed by atoms with E-state index in [9.17, 15) is 9.59 Å². The molecule has 3 heterocycles. The molecule has 5 rings (SSSR count). The van der Waals surface area contributed by atoms with Crippen molar-refractivity contribution in [3.8, 4) is 0 Å². The van der Waals surface area contributed by atoms with E-state index in [1.807, 2.05) is 36.4 Å². The van der Waals surface area contributed by atoms with Crippen LogP contribution in [0.2, 0.25) is 4.34 Å². The Hall–Kier alpha value is -3.68. The van der Waals surface area contributed by atoms with E-state index in [4.69, 9.17) is 11.6 Å². The molecule has 1 aliphatic rings. The Labute approximate surface area is 206 Å². The summed E-state index contributed by atoms with van der Waals surface area (Å²) in [6.45, 7) is 1.67. The van der Waals surface area contributed by atoms with Crippen LogP contribution in [0.15, 0.2) is 79.1 Å². The summed E-state index contributed by atoms with van der Waals surface area (Å²) in [5, 5.41) is 6.26. The molecule has 0 aliphatic carbocycles. The van der Waals surface area contributed by atoms with E-state index in [0.29, 0.717) is 40.1 Å². The van der Waals surface area contributed by atoms with E-state index in [0.717, 1.165) is 22.4 Å². The fourth-order valence-electron chi connectivity index (χ4n) is 4.00. The fraction of sp³-hybridized carbons (Fsp3) is 0.115. The molecule has 34 heavy (non-hydrogen) atoms. The number of hydrogen-bond acceptors (Lipinski definition) is 5. The van der Waals surface area contributed by atoms with Crippen molar-refractivity contribution in [1.82, 2.24) is 9.88 Å². The van der Waals surface area contributed by atoms with Gasteiger partial charge in [-0.05, 0) is 47.0 Å². The highest BCUT2D eigenvalue weighted by molar-refractivity contribution is 7.18. The largest absolute Gasteiger partial charge is 0.381 e. The number of aromatic nitrogens is 1. The van der Waals surface area contributed by atoms with Gasteiger partial charge in [-0.2, -0.15) is 0 Å². The third-order valence-corrected chi connectivity index (χ3v) is 6.83. The molecule has 0 fully saturated rings. The van der Waals surface area contributed by atoms with Crippen molar-refractivity contribution in [1.29, 1.82) is 0 Å². The number of nitrogens with one attached hydrogen (secondary N) is 2. The number of rotatable bonds is 7. The van der Waals surface area contributed by atoms with Crippen LogP contribution in [0.25, 0.3) is 0 Å². The Morgan fingerprint density at radius 1 is 1.03 bits per heavy atom. The standard InChI is InChI=1S/C26H21ClN4O2S/c27-23-8-7-22(34-23)25(32)30-21-6-2-5-19-16-31(26(33)24(19)21)15-18-4-1-3-17(13-18)14-29-20-9-11-28-12-10-20/h1-13H,14-16H2,(H,28,29)(H,30,32). The Bertz CT molecular complexity index is 1360. The maximum Gasteiger partial charge on any atom is 0.265 e. The highest BCUT2D eigenvalue weighted by Gasteiger charge is 2.30. The van der Waals surface area contributed by atoms with Gasteiger partial charge in [-0.1, -0.05) is 48.0 Å². The minimum absolute atomic E-state index is 0.0876. The molecule has 0 unspecified atom stereocenters. The van der Waals surface area contributed by atoms with Gasteiger partial charge in [0.15, 0.2) is 0 Å². The average Bonchev–Trinajstić information content (AvgIpc) is 3.42. The van der Waals surface area contributed by atoms with Crippen molar-refractivity contribution in [3.05, 3.63) is 111 Å². The number of hydrogen-bond donors (Lipinski definition) is 2. The Morgan fingerprint density at radius 2 is 1.82 bits per heavy atom. The average molecular weight is 489 g/mol. The van der Waals surface area contributed by atoms with E-state index in [-0.39, 0.29) is 11.8 Å². The number of anilines is 2. The van der Waals surface area contributed by atoms with Crippen LogP contribution in [-0.2, 0) is 19.6 Å². The lowest BCUT2D eigenvalue weighted by atomic mass is 10.1. The summed E-state index contributed by atoms with van der Waals surface area (Å²) >= 11 is 7.16. The Balaban J connectivity index is 1.28. The van der Waals surface area contributed by atoms with E-state index < -0.39 is 0 Å².